The molecule has 1 aromatic heterocycles. The van der Waals surface area contributed by atoms with Gasteiger partial charge in [0, 0.05) is 32.2 Å². The maximum Gasteiger partial charge on any atom is 0.329 e. The number of imidazole rings is 1. The van der Waals surface area contributed by atoms with Gasteiger partial charge in [0.25, 0.3) is 0 Å². The second kappa shape index (κ2) is 7.09. The SMILES string of the molecule is O=c1n(CCN2CCOCC2)c2ccccc2n1C1CCNCC1. The predicted molar refractivity (Wildman–Crippen MR) is 94.6 cm³/mol. The van der Waals surface area contributed by atoms with Gasteiger partial charge in [-0.1, -0.05) is 12.1 Å². The van der Waals surface area contributed by atoms with E-state index in [1.165, 1.54) is 0 Å². The van der Waals surface area contributed by atoms with Crippen molar-refractivity contribution in [1.82, 2.24) is 19.4 Å². The molecular formula is C18H26N4O2. The summed E-state index contributed by atoms with van der Waals surface area (Å²) in [7, 11) is 0. The lowest BCUT2D eigenvalue weighted by Crippen LogP contribution is -2.40. The topological polar surface area (TPSA) is 51.4 Å². The van der Waals surface area contributed by atoms with Crippen LogP contribution in [0.4, 0.5) is 0 Å². The lowest BCUT2D eigenvalue weighted by atomic mass is 10.1. The van der Waals surface area contributed by atoms with Gasteiger partial charge in [-0.05, 0) is 38.1 Å². The highest BCUT2D eigenvalue weighted by atomic mass is 16.5. The molecule has 130 valence electrons. The monoisotopic (exact) mass is 330 g/mol. The average molecular weight is 330 g/mol. The van der Waals surface area contributed by atoms with Gasteiger partial charge in [-0.25, -0.2) is 4.79 Å². The summed E-state index contributed by atoms with van der Waals surface area (Å²) in [4.78, 5) is 15.5. The normalized spacial score (nSPS) is 20.7. The Balaban J connectivity index is 1.64. The van der Waals surface area contributed by atoms with Crippen LogP contribution in [0.15, 0.2) is 29.1 Å². The molecule has 0 atom stereocenters. The van der Waals surface area contributed by atoms with E-state index >= 15 is 0 Å². The molecular weight excluding hydrogens is 304 g/mol. The third kappa shape index (κ3) is 3.01. The van der Waals surface area contributed by atoms with Gasteiger partial charge in [-0.2, -0.15) is 0 Å². The molecule has 4 rings (SSSR count). The lowest BCUT2D eigenvalue weighted by Gasteiger charge is -2.26. The molecule has 0 amide bonds. The van der Waals surface area contributed by atoms with Gasteiger partial charge in [-0.3, -0.25) is 14.0 Å². The van der Waals surface area contributed by atoms with Gasteiger partial charge in [0.2, 0.25) is 0 Å². The molecule has 1 aromatic carbocycles. The summed E-state index contributed by atoms with van der Waals surface area (Å²) in [5.74, 6) is 0. The highest BCUT2D eigenvalue weighted by Gasteiger charge is 2.22. The predicted octanol–water partition coefficient (Wildman–Crippen LogP) is 1.06. The highest BCUT2D eigenvalue weighted by molar-refractivity contribution is 5.76. The number of morpholine rings is 1. The van der Waals surface area contributed by atoms with Crippen molar-refractivity contribution in [3.05, 3.63) is 34.7 Å². The van der Waals surface area contributed by atoms with Crippen LogP contribution in [0.5, 0.6) is 0 Å². The zero-order valence-electron chi connectivity index (χ0n) is 14.1. The Bertz CT molecular complexity index is 739. The lowest BCUT2D eigenvalue weighted by molar-refractivity contribution is 0.0364. The number of aromatic nitrogens is 2. The molecule has 0 radical (unpaired) electrons. The molecule has 2 aliphatic heterocycles. The fraction of sp³-hybridized carbons (Fsp3) is 0.611. The summed E-state index contributed by atoms with van der Waals surface area (Å²) in [6, 6.07) is 8.54. The minimum atomic E-state index is 0.149. The fourth-order valence-electron chi connectivity index (χ4n) is 3.93. The molecule has 2 saturated heterocycles. The van der Waals surface area contributed by atoms with Crippen LogP contribution in [0.3, 0.4) is 0 Å². The Morgan fingerprint density at radius 1 is 1.04 bits per heavy atom. The second-order valence-electron chi connectivity index (χ2n) is 6.73. The number of piperidine rings is 1. The van der Waals surface area contributed by atoms with Gasteiger partial charge < -0.3 is 10.1 Å². The Kier molecular flexibility index (Phi) is 4.69. The van der Waals surface area contributed by atoms with Crippen molar-refractivity contribution in [3.8, 4) is 0 Å². The Labute approximate surface area is 142 Å². The molecule has 6 nitrogen and oxygen atoms in total. The molecule has 3 heterocycles. The van der Waals surface area contributed by atoms with Gasteiger partial charge in [0.05, 0.1) is 24.2 Å². The number of ether oxygens (including phenoxy) is 1. The number of hydrogen-bond acceptors (Lipinski definition) is 4. The molecule has 0 bridgehead atoms. The van der Waals surface area contributed by atoms with E-state index in [0.29, 0.717) is 6.04 Å². The van der Waals surface area contributed by atoms with Crippen molar-refractivity contribution in [1.29, 1.82) is 0 Å². The van der Waals surface area contributed by atoms with Gasteiger partial charge in [0.1, 0.15) is 0 Å². The molecule has 1 N–H and O–H groups in total. The zero-order chi connectivity index (χ0) is 16.4. The van der Waals surface area contributed by atoms with Crippen LogP contribution in [0, 0.1) is 0 Å². The molecule has 24 heavy (non-hydrogen) atoms. The first-order chi connectivity index (χ1) is 11.8. The van der Waals surface area contributed by atoms with Crippen molar-refractivity contribution < 1.29 is 4.74 Å². The van der Waals surface area contributed by atoms with E-state index in [1.807, 2.05) is 21.3 Å². The van der Waals surface area contributed by atoms with Gasteiger partial charge in [-0.15, -0.1) is 0 Å². The van der Waals surface area contributed by atoms with Crippen molar-refractivity contribution >= 4 is 11.0 Å². The molecule has 0 spiro atoms. The summed E-state index contributed by atoms with van der Waals surface area (Å²) >= 11 is 0. The fourth-order valence-corrected chi connectivity index (χ4v) is 3.93. The number of nitrogens with zero attached hydrogens (tertiary/aromatic N) is 3. The maximum atomic E-state index is 13.1. The minimum Gasteiger partial charge on any atom is -0.379 e. The molecule has 2 aromatic rings. The van der Waals surface area contributed by atoms with E-state index in [4.69, 9.17) is 4.74 Å². The van der Waals surface area contributed by atoms with Crippen LogP contribution >= 0.6 is 0 Å². The Hall–Kier alpha value is -1.63. The average Bonchev–Trinajstić information content (AvgIpc) is 2.93. The summed E-state index contributed by atoms with van der Waals surface area (Å²) in [6.07, 6.45) is 2.05. The van der Waals surface area contributed by atoms with Crippen LogP contribution in [0.2, 0.25) is 0 Å². The largest absolute Gasteiger partial charge is 0.379 e. The van der Waals surface area contributed by atoms with Gasteiger partial charge >= 0.3 is 5.69 Å². The van der Waals surface area contributed by atoms with E-state index in [0.717, 1.165) is 76.4 Å². The first-order valence-corrected chi connectivity index (χ1v) is 9.05. The van der Waals surface area contributed by atoms with Crippen molar-refractivity contribution in [2.45, 2.75) is 25.4 Å². The Morgan fingerprint density at radius 3 is 2.50 bits per heavy atom. The molecule has 2 fully saturated rings. The second-order valence-corrected chi connectivity index (χ2v) is 6.73. The number of nitrogens with one attached hydrogen (secondary N) is 1. The van der Waals surface area contributed by atoms with Gasteiger partial charge in [0.15, 0.2) is 0 Å². The third-order valence-electron chi connectivity index (χ3n) is 5.29. The highest BCUT2D eigenvalue weighted by Crippen LogP contribution is 2.23. The summed E-state index contributed by atoms with van der Waals surface area (Å²) in [5, 5.41) is 3.39. The Morgan fingerprint density at radius 2 is 1.75 bits per heavy atom. The van der Waals surface area contributed by atoms with E-state index in [-0.39, 0.29) is 5.69 Å². The first-order valence-electron chi connectivity index (χ1n) is 9.05. The van der Waals surface area contributed by atoms with E-state index in [9.17, 15) is 4.79 Å². The summed E-state index contributed by atoms with van der Waals surface area (Å²) in [6.45, 7) is 7.15. The van der Waals surface area contributed by atoms with Crippen molar-refractivity contribution in [2.75, 3.05) is 45.9 Å². The van der Waals surface area contributed by atoms with Crippen molar-refractivity contribution in [3.63, 3.8) is 0 Å². The maximum absolute atomic E-state index is 13.1. The quantitative estimate of drug-likeness (QED) is 0.911. The number of para-hydroxylation sites is 2. The number of hydrogen-bond donors (Lipinski definition) is 1. The molecule has 0 aliphatic carbocycles. The number of benzene rings is 1. The van der Waals surface area contributed by atoms with E-state index < -0.39 is 0 Å². The minimum absolute atomic E-state index is 0.149. The number of fused-ring (bicyclic) bond motifs is 1. The van der Waals surface area contributed by atoms with E-state index in [2.05, 4.69) is 22.3 Å². The van der Waals surface area contributed by atoms with Crippen LogP contribution in [0.1, 0.15) is 18.9 Å². The molecule has 6 heteroatoms. The van der Waals surface area contributed by atoms with Crippen LogP contribution in [-0.4, -0.2) is 60.0 Å². The first kappa shape index (κ1) is 15.9. The molecule has 2 aliphatic rings. The molecule has 0 saturated carbocycles. The summed E-state index contributed by atoms with van der Waals surface area (Å²) in [5.41, 5.74) is 2.29. The zero-order valence-corrected chi connectivity index (χ0v) is 14.1. The van der Waals surface area contributed by atoms with Crippen LogP contribution in [0.25, 0.3) is 11.0 Å². The smallest absolute Gasteiger partial charge is 0.329 e. The standard InChI is InChI=1S/C18H26N4O2/c23-18-21(10-9-20-11-13-24-14-12-20)16-3-1-2-4-17(16)22(18)15-5-7-19-8-6-15/h1-4,15,19H,5-14H2. The number of rotatable bonds is 4. The van der Waals surface area contributed by atoms with E-state index in [1.54, 1.807) is 0 Å². The van der Waals surface area contributed by atoms with Crippen LogP contribution < -0.4 is 11.0 Å². The molecule has 0 unspecified atom stereocenters. The summed E-state index contributed by atoms with van der Waals surface area (Å²) < 4.78 is 9.41. The third-order valence-corrected chi connectivity index (χ3v) is 5.29. The van der Waals surface area contributed by atoms with Crippen LogP contribution in [-0.2, 0) is 11.3 Å². The van der Waals surface area contributed by atoms with Crippen molar-refractivity contribution in [2.24, 2.45) is 0 Å².